The lowest BCUT2D eigenvalue weighted by atomic mass is 9.98. The molecule has 0 aromatic rings. The van der Waals surface area contributed by atoms with Crippen molar-refractivity contribution in [2.75, 3.05) is 7.05 Å². The maximum atomic E-state index is 7.50. The van der Waals surface area contributed by atoms with E-state index >= 15 is 0 Å². The van der Waals surface area contributed by atoms with Crippen molar-refractivity contribution in [1.29, 1.82) is 10.8 Å². The van der Waals surface area contributed by atoms with Crippen LogP contribution in [-0.4, -0.2) is 31.5 Å². The lowest BCUT2D eigenvalue weighted by Gasteiger charge is -2.24. The highest BCUT2D eigenvalue weighted by atomic mass is 15.1. The minimum atomic E-state index is 0.174. The third-order valence-corrected chi connectivity index (χ3v) is 4.55. The highest BCUT2D eigenvalue weighted by Gasteiger charge is 2.18. The van der Waals surface area contributed by atoms with Gasteiger partial charge in [0, 0.05) is 54.8 Å². The third kappa shape index (κ3) is 5.69. The summed E-state index contributed by atoms with van der Waals surface area (Å²) < 4.78 is 0. The number of hydrogen-bond donors (Lipinski definition) is 7. The van der Waals surface area contributed by atoms with Crippen LogP contribution in [0.1, 0.15) is 13.8 Å². The fourth-order valence-corrected chi connectivity index (χ4v) is 2.83. The Kier molecular flexibility index (Phi) is 7.90. The highest BCUT2D eigenvalue weighted by molar-refractivity contribution is 5.97. The van der Waals surface area contributed by atoms with Crippen molar-refractivity contribution in [3.63, 3.8) is 0 Å². The van der Waals surface area contributed by atoms with Crippen molar-refractivity contribution in [2.24, 2.45) is 33.1 Å². The van der Waals surface area contributed by atoms with E-state index in [1.807, 2.05) is 32.1 Å². The molecule has 0 aromatic heterocycles. The molecule has 0 fully saturated rings. The highest BCUT2D eigenvalue weighted by Crippen LogP contribution is 2.24. The van der Waals surface area contributed by atoms with Crippen LogP contribution in [0.3, 0.4) is 0 Å². The molecule has 0 saturated carbocycles. The van der Waals surface area contributed by atoms with Gasteiger partial charge in [-0.3, -0.25) is 4.99 Å². The zero-order valence-electron chi connectivity index (χ0n) is 17.9. The van der Waals surface area contributed by atoms with Crippen LogP contribution < -0.4 is 27.8 Å². The van der Waals surface area contributed by atoms with Gasteiger partial charge >= 0.3 is 0 Å². The van der Waals surface area contributed by atoms with E-state index in [0.29, 0.717) is 28.5 Å². The van der Waals surface area contributed by atoms with E-state index in [2.05, 4.69) is 20.6 Å². The normalized spacial score (nSPS) is 18.1. The van der Waals surface area contributed by atoms with Gasteiger partial charge in [0.2, 0.25) is 0 Å². The van der Waals surface area contributed by atoms with Crippen molar-refractivity contribution in [2.45, 2.75) is 13.8 Å². The number of nitrogens with one attached hydrogen (secondary N) is 4. The monoisotopic (exact) mass is 419 g/mol. The van der Waals surface area contributed by atoms with Crippen LogP contribution in [0.5, 0.6) is 0 Å². The summed E-state index contributed by atoms with van der Waals surface area (Å²) in [7, 11) is 1.64. The quantitative estimate of drug-likeness (QED) is 0.180. The van der Waals surface area contributed by atoms with Gasteiger partial charge in [0.25, 0.3) is 0 Å². The molecule has 0 bridgehead atoms. The summed E-state index contributed by atoms with van der Waals surface area (Å²) in [4.78, 5) is 8.48. The predicted octanol–water partition coefficient (Wildman–Crippen LogP) is 1.68. The average Bonchev–Trinajstić information content (AvgIpc) is 2.75. The van der Waals surface area contributed by atoms with Crippen LogP contribution in [0, 0.1) is 16.7 Å². The zero-order valence-corrected chi connectivity index (χ0v) is 17.9. The molecular formula is C22H29N9. The summed E-state index contributed by atoms with van der Waals surface area (Å²) in [6, 6.07) is 0. The Hall–Kier alpha value is -4.14. The van der Waals surface area contributed by atoms with Gasteiger partial charge in [-0.05, 0) is 35.8 Å². The molecule has 2 aliphatic rings. The number of nitrogens with zero attached hydrogens (tertiary/aromatic N) is 2. The van der Waals surface area contributed by atoms with Gasteiger partial charge in [-0.2, -0.15) is 0 Å². The molecule has 162 valence electrons. The smallest absolute Gasteiger partial charge is 0.132 e. The SMILES string of the molecule is CN=CC(C1=CNC2=CC=C(N=C(N)C=C(C=N)C(C)C)NC2=C1)=C(N)/C(C=N)=C/N. The van der Waals surface area contributed by atoms with E-state index in [0.717, 1.165) is 28.8 Å². The minimum absolute atomic E-state index is 0.174. The number of dihydropyridines is 2. The van der Waals surface area contributed by atoms with Crippen LogP contribution >= 0.6 is 0 Å². The summed E-state index contributed by atoms with van der Waals surface area (Å²) in [5, 5.41) is 21.4. The van der Waals surface area contributed by atoms with Crippen molar-refractivity contribution in [1.82, 2.24) is 10.6 Å². The molecule has 2 rings (SSSR count). The molecule has 9 heteroatoms. The van der Waals surface area contributed by atoms with Gasteiger partial charge in [0.05, 0.1) is 17.1 Å². The van der Waals surface area contributed by atoms with Crippen molar-refractivity contribution >= 4 is 24.5 Å². The molecule has 2 heterocycles. The molecule has 9 nitrogen and oxygen atoms in total. The molecule has 0 aromatic carbocycles. The Balaban J connectivity index is 2.37. The van der Waals surface area contributed by atoms with E-state index in [9.17, 15) is 0 Å². The molecule has 0 saturated heterocycles. The first kappa shape index (κ1) is 23.1. The van der Waals surface area contributed by atoms with Gasteiger partial charge in [-0.15, -0.1) is 0 Å². The molecule has 0 aliphatic carbocycles. The second-order valence-corrected chi connectivity index (χ2v) is 7.02. The minimum Gasteiger partial charge on any atom is -0.404 e. The second-order valence-electron chi connectivity index (χ2n) is 7.02. The summed E-state index contributed by atoms with van der Waals surface area (Å²) in [5.41, 5.74) is 22.4. The van der Waals surface area contributed by atoms with Crippen LogP contribution in [0.25, 0.3) is 0 Å². The molecular weight excluding hydrogens is 390 g/mol. The number of aliphatic imine (C=N–C) groups is 2. The summed E-state index contributed by atoms with van der Waals surface area (Å²) in [6.07, 6.45) is 14.4. The number of nitrogens with two attached hydrogens (primary N) is 3. The standard InChI is InChI=1S/C22H29N9/c1-13(2)14(8-23)7-20(26)31-21-5-4-18-19(30-21)6-15(11-29-18)17(12-28-3)22(27)16(9-24)10-25/h4-13,23-24,29-30H,25,27H2,1-3H3,(H2,26,31)/b14-7?,16-10+,22-17?,23-8?,24-9?,28-12?. The van der Waals surface area contributed by atoms with Gasteiger partial charge < -0.3 is 38.7 Å². The Morgan fingerprint density at radius 3 is 2.45 bits per heavy atom. The zero-order chi connectivity index (χ0) is 23.0. The van der Waals surface area contributed by atoms with Gasteiger partial charge in [0.1, 0.15) is 11.7 Å². The van der Waals surface area contributed by atoms with E-state index < -0.39 is 0 Å². The number of fused-ring (bicyclic) bond motifs is 1. The topological polar surface area (TPSA) is 175 Å². The molecule has 0 spiro atoms. The average molecular weight is 420 g/mol. The van der Waals surface area contributed by atoms with Crippen molar-refractivity contribution < 1.29 is 0 Å². The Labute approximate surface area is 182 Å². The lowest BCUT2D eigenvalue weighted by Crippen LogP contribution is -2.27. The van der Waals surface area contributed by atoms with Gasteiger partial charge in [0.15, 0.2) is 0 Å². The number of allylic oxidation sites excluding steroid dienone is 7. The molecule has 2 aliphatic heterocycles. The maximum Gasteiger partial charge on any atom is 0.132 e. The van der Waals surface area contributed by atoms with Gasteiger partial charge in [-0.25, -0.2) is 4.99 Å². The molecule has 0 radical (unpaired) electrons. The van der Waals surface area contributed by atoms with E-state index in [4.69, 9.17) is 28.0 Å². The molecule has 0 amide bonds. The molecule has 31 heavy (non-hydrogen) atoms. The first-order valence-electron chi connectivity index (χ1n) is 9.63. The Morgan fingerprint density at radius 1 is 1.13 bits per heavy atom. The van der Waals surface area contributed by atoms with Crippen LogP contribution in [0.4, 0.5) is 0 Å². The summed E-state index contributed by atoms with van der Waals surface area (Å²) >= 11 is 0. The number of amidine groups is 1. The first-order chi connectivity index (χ1) is 14.8. The van der Waals surface area contributed by atoms with Crippen LogP contribution in [0.15, 0.2) is 91.9 Å². The van der Waals surface area contributed by atoms with Gasteiger partial charge in [-0.1, -0.05) is 13.8 Å². The van der Waals surface area contributed by atoms with E-state index in [1.165, 1.54) is 12.4 Å². The van der Waals surface area contributed by atoms with Crippen LogP contribution in [-0.2, 0) is 0 Å². The molecule has 0 unspecified atom stereocenters. The lowest BCUT2D eigenvalue weighted by molar-refractivity contribution is 0.806. The largest absolute Gasteiger partial charge is 0.404 e. The molecule has 10 N–H and O–H groups in total. The first-order valence-corrected chi connectivity index (χ1v) is 9.63. The van der Waals surface area contributed by atoms with E-state index in [-0.39, 0.29) is 5.92 Å². The van der Waals surface area contributed by atoms with E-state index in [1.54, 1.807) is 25.5 Å². The Bertz CT molecular complexity index is 1030. The number of rotatable bonds is 8. The summed E-state index contributed by atoms with van der Waals surface area (Å²) in [6.45, 7) is 3.98. The number of hydrogen-bond acceptors (Lipinski definition) is 8. The fraction of sp³-hybridized carbons (Fsp3) is 0.182. The Morgan fingerprint density at radius 2 is 1.87 bits per heavy atom. The van der Waals surface area contributed by atoms with Crippen LogP contribution in [0.2, 0.25) is 0 Å². The second kappa shape index (κ2) is 10.6. The van der Waals surface area contributed by atoms with Crippen molar-refractivity contribution in [3.8, 4) is 0 Å². The predicted molar refractivity (Wildman–Crippen MR) is 129 cm³/mol. The third-order valence-electron chi connectivity index (χ3n) is 4.55. The fourth-order valence-electron chi connectivity index (χ4n) is 2.83. The molecule has 0 atom stereocenters. The maximum absolute atomic E-state index is 7.50. The van der Waals surface area contributed by atoms with Crippen molar-refractivity contribution in [3.05, 3.63) is 81.9 Å². The summed E-state index contributed by atoms with van der Waals surface area (Å²) in [5.74, 6) is 1.03.